The molecule has 0 heterocycles. The average Bonchev–Trinajstić information content (AvgIpc) is 3.02. The van der Waals surface area contributed by atoms with Crippen LogP contribution >= 0.6 is 0 Å². The van der Waals surface area contributed by atoms with Gasteiger partial charge in [0.2, 0.25) is 10.0 Å². The topological polar surface area (TPSA) is 63.7 Å². The summed E-state index contributed by atoms with van der Waals surface area (Å²) in [6.07, 6.45) is 10.7. The van der Waals surface area contributed by atoms with Crippen LogP contribution in [0, 0.1) is 5.41 Å². The number of carbonyl (C=O) groups is 1. The molecule has 6 heteroatoms. The van der Waals surface area contributed by atoms with E-state index in [9.17, 15) is 13.2 Å². The quantitative estimate of drug-likeness (QED) is 0.676. The van der Waals surface area contributed by atoms with Crippen LogP contribution in [0.4, 0.5) is 0 Å². The Bertz CT molecular complexity index is 1030. The van der Waals surface area contributed by atoms with Crippen LogP contribution in [0.1, 0.15) is 31.7 Å². The molecule has 0 unspecified atom stereocenters. The second kappa shape index (κ2) is 8.03. The van der Waals surface area contributed by atoms with E-state index in [-0.39, 0.29) is 5.78 Å². The number of hydrogen-bond donors (Lipinski definition) is 0. The highest BCUT2D eigenvalue weighted by Crippen LogP contribution is 2.54. The molecule has 0 saturated heterocycles. The van der Waals surface area contributed by atoms with E-state index in [2.05, 4.69) is 6.92 Å². The molecule has 0 radical (unpaired) electrons. The van der Waals surface area contributed by atoms with Crippen LogP contribution in [-0.4, -0.2) is 38.9 Å². The van der Waals surface area contributed by atoms with Gasteiger partial charge in [0, 0.05) is 13.1 Å². The molecular formula is C23H27NO4S. The van der Waals surface area contributed by atoms with E-state index in [1.165, 1.54) is 30.8 Å². The molecule has 2 aliphatic carbocycles. The first-order valence-corrected chi connectivity index (χ1v) is 11.5. The number of ether oxygens (including phenoxy) is 1. The largest absolute Gasteiger partial charge is 0.497 e. The fraction of sp³-hybridized carbons (Fsp3) is 0.348. The number of unbranched alkanes of at least 4 members (excludes halogenated alkanes) is 1. The average molecular weight is 414 g/mol. The maximum Gasteiger partial charge on any atom is 0.231 e. The first-order valence-electron chi connectivity index (χ1n) is 9.70. The maximum atomic E-state index is 13.5. The molecule has 3 rings (SSSR count). The Morgan fingerprint density at radius 2 is 1.83 bits per heavy atom. The first kappa shape index (κ1) is 21.1. The number of nitrogens with zero attached hydrogens (tertiary/aromatic N) is 1. The Labute approximate surface area is 173 Å². The van der Waals surface area contributed by atoms with Crippen LogP contribution in [0.2, 0.25) is 0 Å². The van der Waals surface area contributed by atoms with E-state index in [0.717, 1.165) is 29.6 Å². The molecule has 5 nitrogen and oxygen atoms in total. The lowest BCUT2D eigenvalue weighted by Gasteiger charge is -2.37. The molecule has 2 aliphatic rings. The monoisotopic (exact) mass is 413 g/mol. The van der Waals surface area contributed by atoms with Gasteiger partial charge in [0.05, 0.1) is 19.1 Å². The number of allylic oxidation sites excluding steroid dienone is 5. The van der Waals surface area contributed by atoms with Crippen molar-refractivity contribution < 1.29 is 17.9 Å². The zero-order chi connectivity index (χ0) is 21.2. The van der Waals surface area contributed by atoms with Crippen LogP contribution < -0.4 is 0 Å². The molecule has 0 saturated carbocycles. The number of benzene rings is 1. The lowest BCUT2D eigenvalue weighted by molar-refractivity contribution is -0.118. The predicted molar refractivity (Wildman–Crippen MR) is 115 cm³/mol. The lowest BCUT2D eigenvalue weighted by atomic mass is 9.71. The Hall–Kier alpha value is -2.60. The van der Waals surface area contributed by atoms with E-state index in [0.29, 0.717) is 17.9 Å². The number of ketones is 1. The fourth-order valence-corrected chi connectivity index (χ4v) is 4.56. The third-order valence-corrected chi connectivity index (χ3v) is 6.69. The third-order valence-electron chi connectivity index (χ3n) is 5.51. The van der Waals surface area contributed by atoms with Crippen molar-refractivity contribution in [2.45, 2.75) is 26.2 Å². The van der Waals surface area contributed by atoms with Gasteiger partial charge in [0.25, 0.3) is 0 Å². The second-order valence-electron chi connectivity index (χ2n) is 7.39. The van der Waals surface area contributed by atoms with E-state index < -0.39 is 15.4 Å². The number of methoxy groups -OCH3 is 1. The van der Waals surface area contributed by atoms with Gasteiger partial charge in [-0.25, -0.2) is 8.42 Å². The summed E-state index contributed by atoms with van der Waals surface area (Å²) in [5, 5.41) is 0. The third kappa shape index (κ3) is 3.69. The molecule has 1 atom stereocenters. The summed E-state index contributed by atoms with van der Waals surface area (Å²) in [5.74, 6) is 0.250. The van der Waals surface area contributed by atoms with Crippen molar-refractivity contribution in [3.63, 3.8) is 0 Å². The molecule has 1 spiro atoms. The Kier molecular flexibility index (Phi) is 5.85. The normalized spacial score (nSPS) is 21.4. The molecule has 0 bridgehead atoms. The highest BCUT2D eigenvalue weighted by molar-refractivity contribution is 7.88. The summed E-state index contributed by atoms with van der Waals surface area (Å²) < 4.78 is 31.6. The van der Waals surface area contributed by atoms with Crippen molar-refractivity contribution in [3.05, 3.63) is 77.2 Å². The van der Waals surface area contributed by atoms with Crippen LogP contribution in [0.5, 0.6) is 0 Å². The second-order valence-corrected chi connectivity index (χ2v) is 9.40. The van der Waals surface area contributed by atoms with E-state index in [1.807, 2.05) is 36.4 Å². The Morgan fingerprint density at radius 3 is 2.38 bits per heavy atom. The van der Waals surface area contributed by atoms with Crippen LogP contribution in [0.3, 0.4) is 0 Å². The van der Waals surface area contributed by atoms with Crippen molar-refractivity contribution in [1.82, 2.24) is 4.31 Å². The molecule has 0 aliphatic heterocycles. The minimum Gasteiger partial charge on any atom is -0.497 e. The Morgan fingerprint density at radius 1 is 1.14 bits per heavy atom. The van der Waals surface area contributed by atoms with Gasteiger partial charge in [-0.3, -0.25) is 9.10 Å². The molecule has 0 fully saturated rings. The molecule has 0 N–H and O–H groups in total. The summed E-state index contributed by atoms with van der Waals surface area (Å²) in [5.41, 5.74) is 1.89. The standard InChI is InChI=1S/C23H27NO4S/c1-5-6-10-18-15-20(17-11-8-7-9-12-17)23(22(18)24(2)29(4,26)27)14-13-19(28-3)16-21(23)25/h7-9,11-16H,5-6,10H2,1-4H3/t23-/m1/s1. The van der Waals surface area contributed by atoms with Gasteiger partial charge in [-0.2, -0.15) is 0 Å². The molecular weight excluding hydrogens is 386 g/mol. The van der Waals surface area contributed by atoms with Crippen molar-refractivity contribution >= 4 is 21.4 Å². The van der Waals surface area contributed by atoms with Crippen molar-refractivity contribution in [2.24, 2.45) is 5.41 Å². The lowest BCUT2D eigenvalue weighted by Crippen LogP contribution is -2.40. The fourth-order valence-electron chi connectivity index (χ4n) is 3.97. The molecule has 0 amide bonds. The van der Waals surface area contributed by atoms with Gasteiger partial charge in [-0.05, 0) is 35.6 Å². The number of rotatable bonds is 7. The van der Waals surface area contributed by atoms with Gasteiger partial charge in [0.1, 0.15) is 11.2 Å². The first-order chi connectivity index (χ1) is 13.8. The highest BCUT2D eigenvalue weighted by Gasteiger charge is 2.51. The zero-order valence-corrected chi connectivity index (χ0v) is 18.1. The Balaban J connectivity index is 2.28. The minimum atomic E-state index is -3.56. The van der Waals surface area contributed by atoms with Crippen molar-refractivity contribution in [2.75, 3.05) is 20.4 Å². The predicted octanol–water partition coefficient (Wildman–Crippen LogP) is 4.07. The van der Waals surface area contributed by atoms with E-state index in [4.69, 9.17) is 4.74 Å². The molecule has 1 aromatic carbocycles. The van der Waals surface area contributed by atoms with E-state index in [1.54, 1.807) is 12.2 Å². The molecule has 154 valence electrons. The summed E-state index contributed by atoms with van der Waals surface area (Å²) in [6.45, 7) is 2.09. The van der Waals surface area contributed by atoms with Crippen molar-refractivity contribution in [1.29, 1.82) is 0 Å². The molecule has 29 heavy (non-hydrogen) atoms. The van der Waals surface area contributed by atoms with Gasteiger partial charge in [0.15, 0.2) is 5.78 Å². The SMILES string of the molecule is CCCCC1=C(N(C)S(C)(=O)=O)[C@]2(C=CC(OC)=CC2=O)C(c2ccccc2)=C1. The number of hydrogen-bond acceptors (Lipinski definition) is 4. The molecule has 1 aromatic rings. The highest BCUT2D eigenvalue weighted by atomic mass is 32.2. The summed E-state index contributed by atoms with van der Waals surface area (Å²) >= 11 is 0. The van der Waals surface area contributed by atoms with Gasteiger partial charge >= 0.3 is 0 Å². The van der Waals surface area contributed by atoms with Crippen LogP contribution in [0.25, 0.3) is 5.57 Å². The summed E-state index contributed by atoms with van der Waals surface area (Å²) in [4.78, 5) is 13.5. The van der Waals surface area contributed by atoms with Crippen molar-refractivity contribution in [3.8, 4) is 0 Å². The number of carbonyl (C=O) groups excluding carboxylic acids is 1. The minimum absolute atomic E-state index is 0.205. The van der Waals surface area contributed by atoms with E-state index >= 15 is 0 Å². The van der Waals surface area contributed by atoms with Crippen LogP contribution in [-0.2, 0) is 19.6 Å². The van der Waals surface area contributed by atoms with Crippen LogP contribution in [0.15, 0.2) is 71.7 Å². The van der Waals surface area contributed by atoms with Gasteiger partial charge < -0.3 is 4.74 Å². The number of sulfonamides is 1. The van der Waals surface area contributed by atoms with Gasteiger partial charge in [-0.1, -0.05) is 55.8 Å². The summed E-state index contributed by atoms with van der Waals surface area (Å²) in [6, 6.07) is 9.65. The molecule has 0 aromatic heterocycles. The maximum absolute atomic E-state index is 13.5. The smallest absolute Gasteiger partial charge is 0.231 e. The zero-order valence-electron chi connectivity index (χ0n) is 17.3. The van der Waals surface area contributed by atoms with Gasteiger partial charge in [-0.15, -0.1) is 0 Å². The summed E-state index contributed by atoms with van der Waals surface area (Å²) in [7, 11) is -0.529.